The van der Waals surface area contributed by atoms with Crippen molar-refractivity contribution in [2.24, 2.45) is 7.05 Å². The molecule has 158 valence electrons. The lowest BCUT2D eigenvalue weighted by atomic mass is 9.96. The number of piperidine rings is 1. The summed E-state index contributed by atoms with van der Waals surface area (Å²) in [7, 11) is 1.81. The van der Waals surface area contributed by atoms with E-state index in [1.165, 1.54) is 0 Å². The minimum Gasteiger partial charge on any atom is -0.464 e. The van der Waals surface area contributed by atoms with Crippen molar-refractivity contribution >= 4 is 23.4 Å². The topological polar surface area (TPSA) is 96.6 Å². The van der Waals surface area contributed by atoms with E-state index in [1.807, 2.05) is 31.4 Å². The molecule has 2 aromatic heterocycles. The Morgan fingerprint density at radius 3 is 2.81 bits per heavy atom. The fraction of sp³-hybridized carbons (Fsp3) is 0.261. The number of rotatable bonds is 3. The van der Waals surface area contributed by atoms with E-state index < -0.39 is 6.04 Å². The summed E-state index contributed by atoms with van der Waals surface area (Å²) in [5.41, 5.74) is 2.26. The van der Waals surface area contributed by atoms with Crippen LogP contribution in [0.3, 0.4) is 0 Å². The molecule has 3 amide bonds. The number of fused-ring (bicyclic) bond motifs is 2. The van der Waals surface area contributed by atoms with E-state index in [9.17, 15) is 14.4 Å². The molecule has 31 heavy (non-hydrogen) atoms. The van der Waals surface area contributed by atoms with Crippen molar-refractivity contribution in [3.8, 4) is 11.3 Å². The van der Waals surface area contributed by atoms with Gasteiger partial charge in [0.1, 0.15) is 17.5 Å². The molecule has 0 radical (unpaired) electrons. The number of aryl methyl sites for hydroxylation is 1. The number of hydrogen-bond donors (Lipinski definition) is 2. The smallest absolute Gasteiger partial charge is 0.268 e. The second-order valence-electron chi connectivity index (χ2n) is 7.94. The van der Waals surface area contributed by atoms with E-state index in [0.717, 1.165) is 5.56 Å². The van der Waals surface area contributed by atoms with E-state index in [2.05, 4.69) is 10.6 Å². The number of carbonyl (C=O) groups excluding carboxylic acids is 3. The average molecular weight is 418 g/mol. The summed E-state index contributed by atoms with van der Waals surface area (Å²) >= 11 is 0. The van der Waals surface area contributed by atoms with Gasteiger partial charge in [-0.05, 0) is 55.3 Å². The van der Waals surface area contributed by atoms with E-state index in [-0.39, 0.29) is 23.8 Å². The highest BCUT2D eigenvalue weighted by Crippen LogP contribution is 2.32. The van der Waals surface area contributed by atoms with Gasteiger partial charge in [0, 0.05) is 31.4 Å². The highest BCUT2D eigenvalue weighted by Gasteiger charge is 2.40. The van der Waals surface area contributed by atoms with Gasteiger partial charge in [0.05, 0.1) is 17.5 Å². The average Bonchev–Trinajstić information content (AvgIpc) is 3.43. The molecule has 2 N–H and O–H groups in total. The van der Waals surface area contributed by atoms with Crippen LogP contribution in [0.15, 0.2) is 59.3 Å². The van der Waals surface area contributed by atoms with Crippen molar-refractivity contribution in [2.45, 2.75) is 24.9 Å². The van der Waals surface area contributed by atoms with E-state index in [4.69, 9.17) is 4.42 Å². The molecule has 0 bridgehead atoms. The van der Waals surface area contributed by atoms with Crippen LogP contribution in [0, 0.1) is 0 Å². The molecular weight excluding hydrogens is 396 g/mol. The summed E-state index contributed by atoms with van der Waals surface area (Å²) < 4.78 is 7.19. The Morgan fingerprint density at radius 1 is 1.19 bits per heavy atom. The Bertz CT molecular complexity index is 1160. The molecule has 1 aromatic carbocycles. The van der Waals surface area contributed by atoms with Crippen LogP contribution >= 0.6 is 0 Å². The highest BCUT2D eigenvalue weighted by molar-refractivity contribution is 6.10. The second-order valence-corrected chi connectivity index (χ2v) is 7.94. The largest absolute Gasteiger partial charge is 0.464 e. The Labute approximate surface area is 178 Å². The normalized spacial score (nSPS) is 20.5. The summed E-state index contributed by atoms with van der Waals surface area (Å²) in [4.78, 5) is 40.4. The molecule has 2 aliphatic rings. The first-order valence-electron chi connectivity index (χ1n) is 10.2. The zero-order valence-electron chi connectivity index (χ0n) is 17.0. The molecule has 3 aromatic rings. The zero-order valence-corrected chi connectivity index (χ0v) is 17.0. The highest BCUT2D eigenvalue weighted by atomic mass is 16.3. The first-order valence-corrected chi connectivity index (χ1v) is 10.2. The third kappa shape index (κ3) is 3.39. The van der Waals surface area contributed by atoms with Gasteiger partial charge in [-0.1, -0.05) is 0 Å². The molecule has 0 aliphatic carbocycles. The molecule has 2 unspecified atom stereocenters. The van der Waals surface area contributed by atoms with Crippen molar-refractivity contribution in [1.29, 1.82) is 0 Å². The quantitative estimate of drug-likeness (QED) is 0.683. The molecule has 4 heterocycles. The first kappa shape index (κ1) is 19.2. The molecule has 1 saturated heterocycles. The number of benzene rings is 1. The minimum absolute atomic E-state index is 0.183. The lowest BCUT2D eigenvalue weighted by Gasteiger charge is -2.37. The predicted octanol–water partition coefficient (Wildman–Crippen LogP) is 2.64. The maximum Gasteiger partial charge on any atom is 0.268 e. The second kappa shape index (κ2) is 7.46. The van der Waals surface area contributed by atoms with Crippen molar-refractivity contribution in [2.75, 3.05) is 11.9 Å². The Hall–Kier alpha value is -3.81. The summed E-state index contributed by atoms with van der Waals surface area (Å²) in [5.74, 6) is 0.0390. The van der Waals surface area contributed by atoms with E-state index in [0.29, 0.717) is 42.1 Å². The number of nitrogens with zero attached hydrogens (tertiary/aromatic N) is 2. The van der Waals surface area contributed by atoms with E-state index in [1.54, 1.807) is 40.0 Å². The number of hydrogen-bond acceptors (Lipinski definition) is 4. The number of furan rings is 1. The van der Waals surface area contributed by atoms with Gasteiger partial charge in [0.15, 0.2) is 0 Å². The minimum atomic E-state index is -0.639. The lowest BCUT2D eigenvalue weighted by molar-refractivity contribution is -0.121. The van der Waals surface area contributed by atoms with E-state index >= 15 is 0 Å². The van der Waals surface area contributed by atoms with Gasteiger partial charge in [-0.15, -0.1) is 0 Å². The summed E-state index contributed by atoms with van der Waals surface area (Å²) in [5, 5.41) is 5.90. The van der Waals surface area contributed by atoms with Gasteiger partial charge in [0.25, 0.3) is 11.8 Å². The first-order chi connectivity index (χ1) is 15.0. The van der Waals surface area contributed by atoms with Gasteiger partial charge in [0.2, 0.25) is 5.91 Å². The number of nitrogens with one attached hydrogen (secondary N) is 2. The third-order valence-corrected chi connectivity index (χ3v) is 5.99. The molecule has 8 heteroatoms. The number of anilines is 1. The predicted molar refractivity (Wildman–Crippen MR) is 113 cm³/mol. The fourth-order valence-corrected chi connectivity index (χ4v) is 4.34. The fourth-order valence-electron chi connectivity index (χ4n) is 4.34. The van der Waals surface area contributed by atoms with Crippen LogP contribution in [0.25, 0.3) is 11.3 Å². The van der Waals surface area contributed by atoms with Gasteiger partial charge in [-0.2, -0.15) is 0 Å². The Morgan fingerprint density at radius 2 is 2.06 bits per heavy atom. The number of carbonyl (C=O) groups is 3. The van der Waals surface area contributed by atoms with Gasteiger partial charge < -0.3 is 24.5 Å². The molecule has 5 rings (SSSR count). The van der Waals surface area contributed by atoms with Crippen molar-refractivity contribution in [3.05, 3.63) is 66.2 Å². The monoisotopic (exact) mass is 418 g/mol. The molecule has 2 atom stereocenters. The summed E-state index contributed by atoms with van der Waals surface area (Å²) in [6, 6.07) is 11.6. The number of aromatic nitrogens is 1. The van der Waals surface area contributed by atoms with Gasteiger partial charge in [-0.3, -0.25) is 14.4 Å². The summed E-state index contributed by atoms with van der Waals surface area (Å²) in [6.07, 6.45) is 4.34. The number of amides is 3. The molecule has 1 fully saturated rings. The van der Waals surface area contributed by atoms with Crippen LogP contribution < -0.4 is 10.6 Å². The molecule has 8 nitrogen and oxygen atoms in total. The van der Waals surface area contributed by atoms with Crippen molar-refractivity contribution in [1.82, 2.24) is 14.8 Å². The molecule has 0 spiro atoms. The Kier molecular flexibility index (Phi) is 4.62. The SMILES string of the molecule is Cn1cccc1C(=O)NC1CCN2C(=O)c3cc(-c4ccco4)ccc3NC(=O)C2C1. The maximum absolute atomic E-state index is 13.3. The summed E-state index contributed by atoms with van der Waals surface area (Å²) in [6.45, 7) is 0.388. The zero-order chi connectivity index (χ0) is 21.5. The van der Waals surface area contributed by atoms with Crippen LogP contribution in [0.4, 0.5) is 5.69 Å². The van der Waals surface area contributed by atoms with Crippen LogP contribution in [-0.2, 0) is 11.8 Å². The van der Waals surface area contributed by atoms with Crippen molar-refractivity contribution in [3.63, 3.8) is 0 Å². The third-order valence-electron chi connectivity index (χ3n) is 5.99. The molecule has 2 aliphatic heterocycles. The molecule has 0 saturated carbocycles. The van der Waals surface area contributed by atoms with Crippen molar-refractivity contribution < 1.29 is 18.8 Å². The van der Waals surface area contributed by atoms with Crippen LogP contribution in [0.5, 0.6) is 0 Å². The Balaban J connectivity index is 1.37. The standard InChI is InChI=1S/C23H22N4O4/c1-26-9-2-4-18(26)21(28)24-15-8-10-27-19(13-15)22(29)25-17-7-6-14(12-16(17)23(27)30)20-5-3-11-31-20/h2-7,9,11-12,15,19H,8,10,13H2,1H3,(H,24,28)(H,25,29). The molecular formula is C23H22N4O4. The maximum atomic E-state index is 13.3. The van der Waals surface area contributed by atoms with Gasteiger partial charge >= 0.3 is 0 Å². The van der Waals surface area contributed by atoms with Crippen LogP contribution in [0.1, 0.15) is 33.7 Å². The lowest BCUT2D eigenvalue weighted by Crippen LogP contribution is -2.55. The van der Waals surface area contributed by atoms with Crippen LogP contribution in [0.2, 0.25) is 0 Å². The van der Waals surface area contributed by atoms with Crippen LogP contribution in [-0.4, -0.2) is 45.8 Å². The van der Waals surface area contributed by atoms with Gasteiger partial charge in [-0.25, -0.2) is 0 Å².